The lowest BCUT2D eigenvalue weighted by Gasteiger charge is -2.08. The minimum absolute atomic E-state index is 0.000245. The molecule has 0 fully saturated rings. The number of carbonyl (C=O) groups excluding carboxylic acids is 1. The number of nitrogens with zero attached hydrogens (tertiary/aromatic N) is 2. The molecule has 2 aromatic rings. The maximum Gasteiger partial charge on any atom is 0.348 e. The molecule has 0 amide bonds. The molecule has 7 nitrogen and oxygen atoms in total. The highest BCUT2D eigenvalue weighted by Gasteiger charge is 2.12. The molecule has 0 spiro atoms. The number of hydrogen-bond acceptors (Lipinski definition) is 5. The van der Waals surface area contributed by atoms with Gasteiger partial charge in [-0.25, -0.2) is 18.4 Å². The number of sulfonamides is 1. The highest BCUT2D eigenvalue weighted by molar-refractivity contribution is 7.89. The van der Waals surface area contributed by atoms with Crippen molar-refractivity contribution in [3.63, 3.8) is 0 Å². The van der Waals surface area contributed by atoms with Crippen molar-refractivity contribution in [1.29, 1.82) is 5.26 Å². The maximum absolute atomic E-state index is 11.7. The van der Waals surface area contributed by atoms with E-state index in [-0.39, 0.29) is 17.1 Å². The second-order valence-electron chi connectivity index (χ2n) is 4.73. The summed E-state index contributed by atoms with van der Waals surface area (Å²) in [6.07, 6.45) is 3.13. The summed E-state index contributed by atoms with van der Waals surface area (Å²) in [4.78, 5) is 11.7. The Labute approximate surface area is 139 Å². The second kappa shape index (κ2) is 7.12. The average molecular weight is 345 g/mol. The Morgan fingerprint density at radius 3 is 2.54 bits per heavy atom. The molecule has 0 radical (unpaired) electrons. The van der Waals surface area contributed by atoms with Crippen LogP contribution in [0.3, 0.4) is 0 Å². The molecule has 0 aliphatic rings. The zero-order valence-corrected chi connectivity index (χ0v) is 13.7. The Kier molecular flexibility index (Phi) is 5.18. The molecule has 0 unspecified atom stereocenters. The summed E-state index contributed by atoms with van der Waals surface area (Å²) in [6, 6.07) is 11.2. The van der Waals surface area contributed by atoms with Gasteiger partial charge in [-0.05, 0) is 49.4 Å². The van der Waals surface area contributed by atoms with Gasteiger partial charge in [-0.2, -0.15) is 5.26 Å². The third-order valence-corrected chi connectivity index (χ3v) is 4.06. The van der Waals surface area contributed by atoms with E-state index in [1.807, 2.05) is 6.07 Å². The van der Waals surface area contributed by atoms with Crippen LogP contribution in [0.4, 0.5) is 0 Å². The van der Waals surface area contributed by atoms with Gasteiger partial charge in [-0.15, -0.1) is 0 Å². The number of esters is 1. The van der Waals surface area contributed by atoms with Gasteiger partial charge in [0.1, 0.15) is 11.6 Å². The molecule has 1 aromatic carbocycles. The standard InChI is InChI=1S/C16H15N3O4S/c1-2-23-16(20)12(11-17)10-14-4-3-9-19(14)13-5-7-15(8-6-13)24(18,21)22/h3-10H,2H2,1H3,(H2,18,21,22). The summed E-state index contributed by atoms with van der Waals surface area (Å²) in [5, 5.41) is 14.2. The van der Waals surface area contributed by atoms with E-state index in [0.717, 1.165) is 0 Å². The quantitative estimate of drug-likeness (QED) is 0.502. The van der Waals surface area contributed by atoms with E-state index in [2.05, 4.69) is 0 Å². The van der Waals surface area contributed by atoms with E-state index in [9.17, 15) is 13.2 Å². The first kappa shape index (κ1) is 17.5. The van der Waals surface area contributed by atoms with Crippen LogP contribution < -0.4 is 5.14 Å². The molecule has 2 rings (SSSR count). The monoisotopic (exact) mass is 345 g/mol. The molecule has 0 bridgehead atoms. The highest BCUT2D eigenvalue weighted by Crippen LogP contribution is 2.18. The minimum atomic E-state index is -3.76. The summed E-state index contributed by atoms with van der Waals surface area (Å²) in [6.45, 7) is 1.83. The van der Waals surface area contributed by atoms with Crippen molar-refractivity contribution in [3.8, 4) is 11.8 Å². The predicted octanol–water partition coefficient (Wildman–Crippen LogP) is 1.59. The maximum atomic E-state index is 11.7. The van der Waals surface area contributed by atoms with Crippen molar-refractivity contribution in [3.05, 3.63) is 53.9 Å². The van der Waals surface area contributed by atoms with Crippen LogP contribution >= 0.6 is 0 Å². The Morgan fingerprint density at radius 2 is 2.00 bits per heavy atom. The molecule has 1 heterocycles. The topological polar surface area (TPSA) is 115 Å². The van der Waals surface area contributed by atoms with E-state index in [0.29, 0.717) is 11.4 Å². The molecule has 0 saturated heterocycles. The smallest absolute Gasteiger partial charge is 0.348 e. The van der Waals surface area contributed by atoms with Gasteiger partial charge in [0.05, 0.1) is 11.5 Å². The Balaban J connectivity index is 2.40. The first-order valence-electron chi connectivity index (χ1n) is 6.96. The van der Waals surface area contributed by atoms with Crippen LogP contribution in [0.15, 0.2) is 53.1 Å². The van der Waals surface area contributed by atoms with Crippen LogP contribution in [-0.2, 0) is 19.6 Å². The van der Waals surface area contributed by atoms with Crippen LogP contribution in [-0.4, -0.2) is 25.6 Å². The first-order chi connectivity index (χ1) is 11.4. The number of primary sulfonamides is 1. The molecule has 8 heteroatoms. The van der Waals surface area contributed by atoms with Crippen LogP contribution in [0.25, 0.3) is 11.8 Å². The third-order valence-electron chi connectivity index (χ3n) is 3.13. The normalized spacial score (nSPS) is 11.8. The lowest BCUT2D eigenvalue weighted by Crippen LogP contribution is -2.12. The molecular weight excluding hydrogens is 330 g/mol. The number of nitrogens with two attached hydrogens (primary N) is 1. The predicted molar refractivity (Wildman–Crippen MR) is 87.4 cm³/mol. The number of benzene rings is 1. The molecule has 0 saturated carbocycles. The number of ether oxygens (including phenoxy) is 1. The Hall–Kier alpha value is -2.89. The lowest BCUT2D eigenvalue weighted by atomic mass is 10.2. The van der Waals surface area contributed by atoms with Gasteiger partial charge < -0.3 is 9.30 Å². The molecule has 0 aliphatic carbocycles. The van der Waals surface area contributed by atoms with Crippen molar-refractivity contribution < 1.29 is 17.9 Å². The molecule has 0 aliphatic heterocycles. The summed E-state index contributed by atoms with van der Waals surface area (Å²) in [7, 11) is -3.76. The van der Waals surface area contributed by atoms with Crippen LogP contribution in [0.1, 0.15) is 12.6 Å². The fraction of sp³-hybridized carbons (Fsp3) is 0.125. The molecule has 24 heavy (non-hydrogen) atoms. The number of rotatable bonds is 5. The molecule has 2 N–H and O–H groups in total. The fourth-order valence-electron chi connectivity index (χ4n) is 2.04. The van der Waals surface area contributed by atoms with Crippen LogP contribution in [0.5, 0.6) is 0 Å². The Bertz CT molecular complexity index is 919. The molecule has 0 atom stereocenters. The number of carbonyl (C=O) groups is 1. The summed E-state index contributed by atoms with van der Waals surface area (Å²) in [5.74, 6) is -0.697. The first-order valence-corrected chi connectivity index (χ1v) is 8.51. The van der Waals surface area contributed by atoms with Gasteiger partial charge in [-0.3, -0.25) is 0 Å². The van der Waals surface area contributed by atoms with Gasteiger partial charge >= 0.3 is 5.97 Å². The second-order valence-corrected chi connectivity index (χ2v) is 6.29. The third kappa shape index (κ3) is 3.90. The van der Waals surface area contributed by atoms with Gasteiger partial charge in [0.15, 0.2) is 0 Å². The van der Waals surface area contributed by atoms with Gasteiger partial charge in [-0.1, -0.05) is 0 Å². The van der Waals surface area contributed by atoms with Gasteiger partial charge in [0, 0.05) is 17.6 Å². The zero-order chi connectivity index (χ0) is 17.7. The van der Waals surface area contributed by atoms with Gasteiger partial charge in [0.25, 0.3) is 0 Å². The fourth-order valence-corrected chi connectivity index (χ4v) is 2.55. The summed E-state index contributed by atoms with van der Waals surface area (Å²) < 4.78 is 29.1. The van der Waals surface area contributed by atoms with E-state index in [1.54, 1.807) is 42.0 Å². The van der Waals surface area contributed by atoms with E-state index in [4.69, 9.17) is 15.1 Å². The number of aromatic nitrogens is 1. The SMILES string of the molecule is CCOC(=O)C(C#N)=Cc1cccn1-c1ccc(S(N)(=O)=O)cc1. The summed E-state index contributed by atoms with van der Waals surface area (Å²) in [5.41, 5.74) is 1.10. The van der Waals surface area contributed by atoms with Crippen LogP contribution in [0, 0.1) is 11.3 Å². The zero-order valence-electron chi connectivity index (χ0n) is 12.8. The molecule has 1 aromatic heterocycles. The van der Waals surface area contributed by atoms with E-state index >= 15 is 0 Å². The van der Waals surface area contributed by atoms with E-state index in [1.165, 1.54) is 18.2 Å². The van der Waals surface area contributed by atoms with Crippen molar-refractivity contribution in [2.75, 3.05) is 6.61 Å². The molecular formula is C16H15N3O4S. The van der Waals surface area contributed by atoms with Gasteiger partial charge in [0.2, 0.25) is 10.0 Å². The largest absolute Gasteiger partial charge is 0.462 e. The number of nitriles is 1. The lowest BCUT2D eigenvalue weighted by molar-refractivity contribution is -0.137. The Morgan fingerprint density at radius 1 is 1.33 bits per heavy atom. The summed E-state index contributed by atoms with van der Waals surface area (Å²) >= 11 is 0. The highest BCUT2D eigenvalue weighted by atomic mass is 32.2. The molecule has 124 valence electrons. The van der Waals surface area contributed by atoms with E-state index < -0.39 is 16.0 Å². The van der Waals surface area contributed by atoms with Crippen molar-refractivity contribution in [1.82, 2.24) is 4.57 Å². The van der Waals surface area contributed by atoms with Crippen LogP contribution in [0.2, 0.25) is 0 Å². The average Bonchev–Trinajstić information content (AvgIpc) is 3.00. The van der Waals surface area contributed by atoms with Crippen molar-refractivity contribution >= 4 is 22.1 Å². The van der Waals surface area contributed by atoms with Crippen molar-refractivity contribution in [2.45, 2.75) is 11.8 Å². The van der Waals surface area contributed by atoms with Crippen molar-refractivity contribution in [2.24, 2.45) is 5.14 Å². The minimum Gasteiger partial charge on any atom is -0.462 e. The number of hydrogen-bond donors (Lipinski definition) is 1.